The fourth-order valence-corrected chi connectivity index (χ4v) is 3.18. The molecule has 0 aliphatic carbocycles. The molecule has 2 aromatic carbocycles. The van der Waals surface area contributed by atoms with E-state index in [9.17, 15) is 4.79 Å². The van der Waals surface area contributed by atoms with E-state index in [-0.39, 0.29) is 11.9 Å². The average Bonchev–Trinajstić information content (AvgIpc) is 2.68. The van der Waals surface area contributed by atoms with E-state index in [1.807, 2.05) is 39.0 Å². The molecule has 0 aliphatic rings. The van der Waals surface area contributed by atoms with Gasteiger partial charge in [-0.05, 0) is 48.7 Å². The molecular formula is C23H27ClO4. The van der Waals surface area contributed by atoms with Crippen molar-refractivity contribution < 1.29 is 19.0 Å². The first-order chi connectivity index (χ1) is 13.4. The summed E-state index contributed by atoms with van der Waals surface area (Å²) in [6.07, 6.45) is 1.01. The second-order valence-electron chi connectivity index (χ2n) is 6.71. The van der Waals surface area contributed by atoms with Gasteiger partial charge < -0.3 is 14.2 Å². The molecule has 0 heterocycles. The van der Waals surface area contributed by atoms with Crippen molar-refractivity contribution in [2.24, 2.45) is 5.92 Å². The second-order valence-corrected chi connectivity index (χ2v) is 7.15. The fourth-order valence-electron chi connectivity index (χ4n) is 3.05. The van der Waals surface area contributed by atoms with Crippen LogP contribution in [0.25, 0.3) is 0 Å². The minimum absolute atomic E-state index is 0.0639. The molecule has 0 saturated carbocycles. The van der Waals surface area contributed by atoms with Crippen LogP contribution in [-0.4, -0.2) is 19.7 Å². The number of halogens is 1. The molecule has 2 aromatic rings. The number of methoxy groups -OCH3 is 1. The zero-order valence-electron chi connectivity index (χ0n) is 16.8. The number of carbonyl (C=O) groups excluding carboxylic acids is 1. The summed E-state index contributed by atoms with van der Waals surface area (Å²) >= 11 is 5.97. The van der Waals surface area contributed by atoms with Gasteiger partial charge in [-0.3, -0.25) is 4.79 Å². The van der Waals surface area contributed by atoms with Crippen molar-refractivity contribution in [2.45, 2.75) is 32.8 Å². The van der Waals surface area contributed by atoms with Crippen molar-refractivity contribution >= 4 is 17.6 Å². The maximum absolute atomic E-state index is 13.0. The predicted octanol–water partition coefficient (Wildman–Crippen LogP) is 5.96. The predicted molar refractivity (Wildman–Crippen MR) is 112 cm³/mol. The van der Waals surface area contributed by atoms with Gasteiger partial charge in [0.05, 0.1) is 19.6 Å². The Balaban J connectivity index is 2.26. The Hall–Kier alpha value is -2.46. The van der Waals surface area contributed by atoms with Crippen LogP contribution < -0.4 is 9.47 Å². The van der Waals surface area contributed by atoms with Crippen LogP contribution in [0.4, 0.5) is 0 Å². The van der Waals surface area contributed by atoms with Crippen LogP contribution >= 0.6 is 11.6 Å². The molecule has 4 nitrogen and oxygen atoms in total. The highest BCUT2D eigenvalue weighted by atomic mass is 35.5. The molecule has 0 radical (unpaired) electrons. The first kappa shape index (κ1) is 21.8. The lowest BCUT2D eigenvalue weighted by molar-refractivity contribution is -0.150. The lowest BCUT2D eigenvalue weighted by atomic mass is 9.88. The fraction of sp³-hybridized carbons (Fsp3) is 0.348. The summed E-state index contributed by atoms with van der Waals surface area (Å²) in [4.78, 5) is 13.0. The van der Waals surface area contributed by atoms with Gasteiger partial charge in [0.2, 0.25) is 0 Å². The molecule has 5 heteroatoms. The van der Waals surface area contributed by atoms with Crippen LogP contribution in [0.15, 0.2) is 55.1 Å². The Labute approximate surface area is 172 Å². The number of hydrogen-bond donors (Lipinski definition) is 0. The minimum atomic E-state index is -0.592. The number of benzene rings is 2. The van der Waals surface area contributed by atoms with E-state index in [0.29, 0.717) is 23.1 Å². The molecule has 0 bridgehead atoms. The largest absolute Gasteiger partial charge is 0.493 e. The van der Waals surface area contributed by atoms with Gasteiger partial charge in [-0.15, -0.1) is 0 Å². The Morgan fingerprint density at radius 1 is 1.11 bits per heavy atom. The van der Waals surface area contributed by atoms with E-state index in [4.69, 9.17) is 25.8 Å². The van der Waals surface area contributed by atoms with E-state index < -0.39 is 12.0 Å². The number of hydrogen-bond acceptors (Lipinski definition) is 4. The Bertz CT molecular complexity index is 799. The Kier molecular flexibility index (Phi) is 7.94. The zero-order chi connectivity index (χ0) is 20.7. The summed E-state index contributed by atoms with van der Waals surface area (Å²) in [5.41, 5.74) is 1.64. The van der Waals surface area contributed by atoms with Gasteiger partial charge in [-0.25, -0.2) is 0 Å². The molecule has 0 aromatic heterocycles. The van der Waals surface area contributed by atoms with Gasteiger partial charge >= 0.3 is 5.97 Å². The normalized spacial score (nSPS) is 12.9. The highest BCUT2D eigenvalue weighted by molar-refractivity contribution is 6.30. The third kappa shape index (κ3) is 5.29. The van der Waals surface area contributed by atoms with Crippen molar-refractivity contribution in [3.8, 4) is 11.5 Å². The number of rotatable bonds is 9. The summed E-state index contributed by atoms with van der Waals surface area (Å²) in [5, 5.41) is 0.630. The van der Waals surface area contributed by atoms with Gasteiger partial charge in [0.15, 0.2) is 11.5 Å². The first-order valence-electron chi connectivity index (χ1n) is 9.30. The van der Waals surface area contributed by atoms with E-state index >= 15 is 0 Å². The summed E-state index contributed by atoms with van der Waals surface area (Å²) < 4.78 is 16.7. The summed E-state index contributed by atoms with van der Waals surface area (Å²) in [6, 6.07) is 12.7. The maximum atomic E-state index is 13.0. The highest BCUT2D eigenvalue weighted by Crippen LogP contribution is 2.34. The van der Waals surface area contributed by atoms with Crippen molar-refractivity contribution in [2.75, 3.05) is 13.7 Å². The molecule has 0 fully saturated rings. The number of carbonyl (C=O) groups is 1. The molecule has 2 rings (SSSR count). The SMILES string of the molecule is C=CC(OC(=O)C(c1ccc(Cl)cc1)C(C)C)c1ccc(OCC)c(OC)c1. The van der Waals surface area contributed by atoms with E-state index in [2.05, 4.69) is 6.58 Å². The monoisotopic (exact) mass is 402 g/mol. The van der Waals surface area contributed by atoms with Gasteiger partial charge in [-0.2, -0.15) is 0 Å². The van der Waals surface area contributed by atoms with E-state index in [1.165, 1.54) is 0 Å². The van der Waals surface area contributed by atoms with Crippen LogP contribution in [0.3, 0.4) is 0 Å². The third-order valence-corrected chi connectivity index (χ3v) is 4.67. The molecular weight excluding hydrogens is 376 g/mol. The Morgan fingerprint density at radius 2 is 1.75 bits per heavy atom. The molecule has 0 amide bonds. The van der Waals surface area contributed by atoms with Crippen LogP contribution in [0.5, 0.6) is 11.5 Å². The molecule has 0 saturated heterocycles. The van der Waals surface area contributed by atoms with Crippen molar-refractivity contribution in [1.29, 1.82) is 0 Å². The van der Waals surface area contributed by atoms with Crippen molar-refractivity contribution in [3.63, 3.8) is 0 Å². The topological polar surface area (TPSA) is 44.8 Å². The number of ether oxygens (including phenoxy) is 3. The molecule has 0 spiro atoms. The quantitative estimate of drug-likeness (QED) is 0.383. The average molecular weight is 403 g/mol. The number of esters is 1. The third-order valence-electron chi connectivity index (χ3n) is 4.42. The standard InChI is InChI=1S/C23H27ClO4/c1-6-19(17-10-13-20(27-7-2)21(14-17)26-5)28-23(25)22(15(3)4)16-8-11-18(24)12-9-16/h6,8-15,19,22H,1,7H2,2-5H3. The van der Waals surface area contributed by atoms with Crippen molar-refractivity contribution in [1.82, 2.24) is 0 Å². The van der Waals surface area contributed by atoms with E-state index in [0.717, 1.165) is 11.1 Å². The first-order valence-corrected chi connectivity index (χ1v) is 9.68. The lowest BCUT2D eigenvalue weighted by Gasteiger charge is -2.23. The molecule has 2 atom stereocenters. The van der Waals surface area contributed by atoms with Crippen LogP contribution in [0.1, 0.15) is 43.9 Å². The van der Waals surface area contributed by atoms with Crippen LogP contribution in [0.2, 0.25) is 5.02 Å². The summed E-state index contributed by atoms with van der Waals surface area (Å²) in [6.45, 7) is 10.2. The van der Waals surface area contributed by atoms with Gasteiger partial charge in [0.1, 0.15) is 6.10 Å². The van der Waals surface area contributed by atoms with E-state index in [1.54, 1.807) is 37.5 Å². The maximum Gasteiger partial charge on any atom is 0.314 e. The molecule has 150 valence electrons. The highest BCUT2D eigenvalue weighted by Gasteiger charge is 2.28. The smallest absolute Gasteiger partial charge is 0.314 e. The van der Waals surface area contributed by atoms with Gasteiger partial charge in [0, 0.05) is 10.6 Å². The molecule has 0 N–H and O–H groups in total. The zero-order valence-corrected chi connectivity index (χ0v) is 17.5. The molecule has 2 unspecified atom stereocenters. The molecule has 28 heavy (non-hydrogen) atoms. The second kappa shape index (κ2) is 10.2. The van der Waals surface area contributed by atoms with Crippen LogP contribution in [0, 0.1) is 5.92 Å². The lowest BCUT2D eigenvalue weighted by Crippen LogP contribution is -2.22. The summed E-state index contributed by atoms with van der Waals surface area (Å²) in [7, 11) is 1.58. The molecule has 0 aliphatic heterocycles. The van der Waals surface area contributed by atoms with Crippen molar-refractivity contribution in [3.05, 3.63) is 71.3 Å². The Morgan fingerprint density at radius 3 is 2.29 bits per heavy atom. The van der Waals surface area contributed by atoms with Gasteiger partial charge in [0.25, 0.3) is 0 Å². The van der Waals surface area contributed by atoms with Gasteiger partial charge in [-0.1, -0.05) is 50.2 Å². The summed E-state index contributed by atoms with van der Waals surface area (Å²) in [5.74, 6) is 0.581. The minimum Gasteiger partial charge on any atom is -0.493 e. The van der Waals surface area contributed by atoms with Crippen LogP contribution in [-0.2, 0) is 9.53 Å².